The first-order chi connectivity index (χ1) is 18.1. The molecule has 1 fully saturated rings. The smallest absolute Gasteiger partial charge is 0.335 e. The van der Waals surface area contributed by atoms with E-state index >= 15 is 0 Å². The summed E-state index contributed by atoms with van der Waals surface area (Å²) in [6.45, 7) is 0.394. The Hall–Kier alpha value is -4.20. The maximum atomic E-state index is 13.6. The second kappa shape index (κ2) is 12.4. The van der Waals surface area contributed by atoms with Crippen LogP contribution in [0.2, 0.25) is 0 Å². The summed E-state index contributed by atoms with van der Waals surface area (Å²) < 4.78 is 0. The highest BCUT2D eigenvalue weighted by atomic mass is 32.1. The van der Waals surface area contributed by atoms with Crippen molar-refractivity contribution in [3.05, 3.63) is 60.2 Å². The maximum absolute atomic E-state index is 13.6. The largest absolute Gasteiger partial charge is 0.481 e. The average molecular weight is 542 g/mol. The Morgan fingerprint density at radius 2 is 1.76 bits per heavy atom. The van der Waals surface area contributed by atoms with Gasteiger partial charge in [-0.3, -0.25) is 29.0 Å². The summed E-state index contributed by atoms with van der Waals surface area (Å²) in [6.07, 6.45) is 0.271. The van der Waals surface area contributed by atoms with E-state index in [1.165, 1.54) is 53.4 Å². The second-order valence-corrected chi connectivity index (χ2v) is 8.90. The van der Waals surface area contributed by atoms with Crippen molar-refractivity contribution in [1.82, 2.24) is 5.32 Å². The zero-order valence-electron chi connectivity index (χ0n) is 20.1. The van der Waals surface area contributed by atoms with Gasteiger partial charge in [-0.15, -0.1) is 0 Å². The number of benzene rings is 2. The van der Waals surface area contributed by atoms with Gasteiger partial charge in [0.05, 0.1) is 18.2 Å². The average Bonchev–Trinajstić information content (AvgIpc) is 3.17. The Labute approximate surface area is 223 Å². The fourth-order valence-corrected chi connectivity index (χ4v) is 4.37. The molecule has 2 aromatic carbocycles. The maximum Gasteiger partial charge on any atom is 0.335 e. The zero-order chi connectivity index (χ0) is 28.0. The van der Waals surface area contributed by atoms with Gasteiger partial charge in [-0.2, -0.15) is 0 Å². The number of hydrogen-bond acceptors (Lipinski definition) is 8. The molecule has 0 saturated carbocycles. The van der Waals surface area contributed by atoms with Crippen LogP contribution in [0.25, 0.3) is 0 Å². The molecular weight excluding hydrogens is 514 g/mol. The molecule has 7 N–H and O–H groups in total. The lowest BCUT2D eigenvalue weighted by molar-refractivity contribution is -0.140. The third-order valence-corrected chi connectivity index (χ3v) is 6.13. The fourth-order valence-electron chi connectivity index (χ4n) is 4.04. The molecule has 2 aromatic rings. The minimum atomic E-state index is -2.07. The van der Waals surface area contributed by atoms with Gasteiger partial charge < -0.3 is 27.0 Å². The van der Waals surface area contributed by atoms with Gasteiger partial charge in [-0.05, 0) is 55.9 Å². The van der Waals surface area contributed by atoms with Crippen LogP contribution in [0.3, 0.4) is 0 Å². The second-order valence-electron chi connectivity index (χ2n) is 8.51. The van der Waals surface area contributed by atoms with E-state index in [4.69, 9.17) is 28.8 Å². The SMILES string of the molecule is NCCC[C@@H]1NC(=S)N(c2cccc(C(=O)[C@@H](C(=O)O)N(C(=O)[C@@H](N)CC(=O)O)c3ccccc3)c2)C1=O. The van der Waals surface area contributed by atoms with Crippen LogP contribution in [0.4, 0.5) is 11.4 Å². The molecule has 200 valence electrons. The number of carboxylic acids is 2. The third kappa shape index (κ3) is 6.19. The Kier molecular flexibility index (Phi) is 9.23. The van der Waals surface area contributed by atoms with Crippen molar-refractivity contribution in [2.75, 3.05) is 16.3 Å². The van der Waals surface area contributed by atoms with Crippen molar-refractivity contribution >= 4 is 58.2 Å². The van der Waals surface area contributed by atoms with Crippen molar-refractivity contribution in [2.45, 2.75) is 37.4 Å². The van der Waals surface area contributed by atoms with Gasteiger partial charge in [-0.1, -0.05) is 30.3 Å². The lowest BCUT2D eigenvalue weighted by Crippen LogP contribution is -2.55. The minimum Gasteiger partial charge on any atom is -0.481 e. The predicted molar refractivity (Wildman–Crippen MR) is 142 cm³/mol. The third-order valence-electron chi connectivity index (χ3n) is 5.83. The normalized spacial score (nSPS) is 16.5. The molecule has 0 radical (unpaired) electrons. The summed E-state index contributed by atoms with van der Waals surface area (Å²) in [5.41, 5.74) is 11.5. The number of carboxylic acid groups (broad SMARTS) is 2. The van der Waals surface area contributed by atoms with Gasteiger partial charge in [0, 0.05) is 11.3 Å². The topological polar surface area (TPSA) is 196 Å². The van der Waals surface area contributed by atoms with E-state index in [1.807, 2.05) is 0 Å². The van der Waals surface area contributed by atoms with E-state index in [1.54, 1.807) is 6.07 Å². The van der Waals surface area contributed by atoms with E-state index in [-0.39, 0.29) is 28.0 Å². The molecule has 0 aliphatic carbocycles. The van der Waals surface area contributed by atoms with Crippen molar-refractivity contribution < 1.29 is 34.2 Å². The van der Waals surface area contributed by atoms with Crippen LogP contribution in [-0.4, -0.2) is 69.5 Å². The monoisotopic (exact) mass is 541 g/mol. The van der Waals surface area contributed by atoms with Crippen LogP contribution in [0.5, 0.6) is 0 Å². The molecule has 2 amide bonds. The number of nitrogens with one attached hydrogen (secondary N) is 1. The van der Waals surface area contributed by atoms with Crippen LogP contribution < -0.4 is 26.6 Å². The van der Waals surface area contributed by atoms with Crippen molar-refractivity contribution in [3.8, 4) is 0 Å². The van der Waals surface area contributed by atoms with Crippen molar-refractivity contribution in [3.63, 3.8) is 0 Å². The van der Waals surface area contributed by atoms with E-state index < -0.39 is 48.2 Å². The molecule has 1 aliphatic rings. The number of ketones is 1. The quantitative estimate of drug-likeness (QED) is 0.142. The summed E-state index contributed by atoms with van der Waals surface area (Å²) >= 11 is 5.30. The highest BCUT2D eigenvalue weighted by molar-refractivity contribution is 7.80. The van der Waals surface area contributed by atoms with Gasteiger partial charge in [-0.25, -0.2) is 4.79 Å². The van der Waals surface area contributed by atoms with Crippen LogP contribution >= 0.6 is 12.2 Å². The number of Topliss-reactive ketones (excluding diaryl/α,β-unsaturated/α-hetero) is 1. The van der Waals surface area contributed by atoms with Gasteiger partial charge >= 0.3 is 11.9 Å². The van der Waals surface area contributed by atoms with Crippen molar-refractivity contribution in [1.29, 1.82) is 0 Å². The molecule has 1 saturated heterocycles. The first kappa shape index (κ1) is 28.4. The van der Waals surface area contributed by atoms with Gasteiger partial charge in [0.2, 0.25) is 5.91 Å². The number of aliphatic carboxylic acids is 2. The predicted octanol–water partition coefficient (Wildman–Crippen LogP) is 0.486. The Morgan fingerprint density at radius 1 is 1.08 bits per heavy atom. The van der Waals surface area contributed by atoms with Crippen LogP contribution in [0.15, 0.2) is 54.6 Å². The van der Waals surface area contributed by atoms with E-state index in [0.29, 0.717) is 24.3 Å². The first-order valence-corrected chi connectivity index (χ1v) is 12.0. The molecule has 12 nitrogen and oxygen atoms in total. The van der Waals surface area contributed by atoms with Gasteiger partial charge in [0.15, 0.2) is 16.9 Å². The molecule has 3 rings (SSSR count). The molecule has 3 atom stereocenters. The number of carbonyl (C=O) groups is 5. The molecule has 13 heteroatoms. The highest BCUT2D eigenvalue weighted by Gasteiger charge is 2.41. The number of anilines is 2. The number of amides is 2. The van der Waals surface area contributed by atoms with Crippen LogP contribution in [-0.2, 0) is 19.2 Å². The molecule has 1 heterocycles. The zero-order valence-corrected chi connectivity index (χ0v) is 21.0. The number of para-hydroxylation sites is 1. The first-order valence-electron chi connectivity index (χ1n) is 11.6. The van der Waals surface area contributed by atoms with E-state index in [2.05, 4.69) is 5.32 Å². The molecule has 0 unspecified atom stereocenters. The molecule has 0 aromatic heterocycles. The van der Waals surface area contributed by atoms with Crippen LogP contribution in [0.1, 0.15) is 29.6 Å². The van der Waals surface area contributed by atoms with E-state index in [9.17, 15) is 29.1 Å². The number of hydrogen-bond donors (Lipinski definition) is 5. The van der Waals surface area contributed by atoms with E-state index in [0.717, 1.165) is 0 Å². The Balaban J connectivity index is 2.00. The number of nitrogens with two attached hydrogens (primary N) is 2. The number of nitrogens with zero attached hydrogens (tertiary/aromatic N) is 2. The number of rotatable bonds is 12. The number of carbonyl (C=O) groups excluding carboxylic acids is 3. The summed E-state index contributed by atoms with van der Waals surface area (Å²) in [4.78, 5) is 65.1. The minimum absolute atomic E-state index is 0.0399. The Morgan fingerprint density at radius 3 is 2.37 bits per heavy atom. The fraction of sp³-hybridized carbons (Fsp3) is 0.280. The number of thiocarbonyl (C=S) groups is 1. The summed E-state index contributed by atoms with van der Waals surface area (Å²) in [5, 5.41) is 22.2. The summed E-state index contributed by atoms with van der Waals surface area (Å²) in [5.74, 6) is -5.41. The standard InChI is InChI=1S/C25H27N5O7S/c26-11-5-10-18-23(35)30(25(38)28-18)16-9-4-6-14(12-16)21(33)20(24(36)37)29(15-7-2-1-3-8-15)22(34)17(27)13-19(31)32/h1-4,6-9,12,17-18,20H,5,10-11,13,26-27H2,(H,28,38)(H,31,32)(H,36,37)/t17-,18-,20-/m0/s1. The Bertz CT molecular complexity index is 1260. The lowest BCUT2D eigenvalue weighted by Gasteiger charge is -2.30. The molecule has 1 aliphatic heterocycles. The molecule has 0 bridgehead atoms. The van der Waals surface area contributed by atoms with Crippen LogP contribution in [0, 0.1) is 0 Å². The van der Waals surface area contributed by atoms with Crippen molar-refractivity contribution in [2.24, 2.45) is 11.5 Å². The summed E-state index contributed by atoms with van der Waals surface area (Å²) in [6, 6.07) is 8.85. The van der Waals surface area contributed by atoms with Gasteiger partial charge in [0.1, 0.15) is 6.04 Å². The molecule has 38 heavy (non-hydrogen) atoms. The highest BCUT2D eigenvalue weighted by Crippen LogP contribution is 2.26. The van der Waals surface area contributed by atoms with Gasteiger partial charge in [0.25, 0.3) is 5.91 Å². The molecule has 0 spiro atoms. The summed E-state index contributed by atoms with van der Waals surface area (Å²) in [7, 11) is 0. The molecular formula is C25H27N5O7S. The lowest BCUT2D eigenvalue weighted by atomic mass is 9.99.